The molecule has 10 N–H and O–H groups in total. The molecule has 0 spiro atoms. The second-order valence-electron chi connectivity index (χ2n) is 9.04. The van der Waals surface area contributed by atoms with E-state index in [2.05, 4.69) is 0 Å². The second kappa shape index (κ2) is 11.7. The number of ether oxygens (including phenoxy) is 4. The molecular weight excluding hydrogens is 548 g/mol. The van der Waals surface area contributed by atoms with Crippen molar-refractivity contribution in [2.24, 2.45) is 0 Å². The molecule has 0 amide bonds. The van der Waals surface area contributed by atoms with Crippen molar-refractivity contribution < 1.29 is 79.5 Å². The summed E-state index contributed by atoms with van der Waals surface area (Å²) in [5.74, 6) is -3.30. The summed E-state index contributed by atoms with van der Waals surface area (Å²) in [6.45, 7) is -1.55. The van der Waals surface area contributed by atoms with Crippen molar-refractivity contribution in [3.05, 3.63) is 34.9 Å². The minimum atomic E-state index is -1.88. The number of hydrogen-bond donors (Lipinski definition) is 10. The summed E-state index contributed by atoms with van der Waals surface area (Å²) in [7, 11) is 0. The van der Waals surface area contributed by atoms with Crippen molar-refractivity contribution in [1.29, 1.82) is 0 Å². The molecule has 0 bridgehead atoms. The molecule has 0 radical (unpaired) electrons. The first-order valence-electron chi connectivity index (χ1n) is 11.8. The van der Waals surface area contributed by atoms with Crippen LogP contribution in [0.3, 0.4) is 0 Å². The van der Waals surface area contributed by atoms with Gasteiger partial charge in [-0.05, 0) is 0 Å². The highest BCUT2D eigenvalue weighted by Crippen LogP contribution is 2.41. The van der Waals surface area contributed by atoms with Crippen LogP contribution in [-0.2, 0) is 9.47 Å². The molecular formula is C22H28N2O16. The Balaban J connectivity index is 1.67. The molecule has 4 rings (SSSR count). The van der Waals surface area contributed by atoms with Crippen LogP contribution in [-0.4, -0.2) is 126 Å². The van der Waals surface area contributed by atoms with Crippen molar-refractivity contribution in [1.82, 2.24) is 0 Å². The molecule has 18 heteroatoms. The van der Waals surface area contributed by atoms with Gasteiger partial charge in [0.15, 0.2) is 23.9 Å². The molecule has 0 aliphatic carbocycles. The fraction of sp³-hybridized carbons (Fsp3) is 0.545. The number of aromatic nitrogens is 2. The standard InChI is InChI=1S/C22H28N2O16/c25-5-9-15(29)17(31)19(33)21(39-9)37-7-1-3-23(35)11(13(7)27)12-14(28)8(2-4-24(12)36)38-22-20(34)18(32)16(30)10(6-26)40-22/h1-4,9-10,15-22,25-34H,5-6H2. The van der Waals surface area contributed by atoms with Crippen molar-refractivity contribution >= 4 is 0 Å². The van der Waals surface area contributed by atoms with E-state index in [1.807, 2.05) is 0 Å². The minimum Gasteiger partial charge on any atom is -0.618 e. The van der Waals surface area contributed by atoms with Crippen LogP contribution in [0.2, 0.25) is 0 Å². The topological polar surface area (TPSA) is 293 Å². The van der Waals surface area contributed by atoms with Gasteiger partial charge in [0.25, 0.3) is 0 Å². The molecule has 0 aromatic carbocycles. The third-order valence-corrected chi connectivity index (χ3v) is 6.49. The molecule has 2 fully saturated rings. The van der Waals surface area contributed by atoms with E-state index in [0.29, 0.717) is 0 Å². The minimum absolute atomic E-state index is 0.0312. The average molecular weight is 576 g/mol. The summed E-state index contributed by atoms with van der Waals surface area (Å²) < 4.78 is 21.0. The number of aromatic hydroxyl groups is 2. The van der Waals surface area contributed by atoms with Crippen molar-refractivity contribution in [2.45, 2.75) is 61.4 Å². The van der Waals surface area contributed by atoms with E-state index in [-0.39, 0.29) is 9.46 Å². The van der Waals surface area contributed by atoms with E-state index in [1.54, 1.807) is 0 Å². The quantitative estimate of drug-likeness (QED) is 0.108. The summed E-state index contributed by atoms with van der Waals surface area (Å²) in [5, 5.41) is 126. The van der Waals surface area contributed by atoms with Crippen LogP contribution in [0.5, 0.6) is 23.0 Å². The summed E-state index contributed by atoms with van der Waals surface area (Å²) >= 11 is 0. The number of hydrogen-bond acceptors (Lipinski definition) is 16. The molecule has 4 heterocycles. The predicted octanol–water partition coefficient (Wildman–Crippen LogP) is -5.61. The van der Waals surface area contributed by atoms with E-state index >= 15 is 0 Å². The first-order valence-corrected chi connectivity index (χ1v) is 11.8. The van der Waals surface area contributed by atoms with Crippen LogP contribution in [0.1, 0.15) is 0 Å². The maximum absolute atomic E-state index is 12.6. The molecule has 2 aliphatic rings. The van der Waals surface area contributed by atoms with Gasteiger partial charge in [-0.1, -0.05) is 0 Å². The molecule has 2 aliphatic heterocycles. The van der Waals surface area contributed by atoms with Crippen LogP contribution in [0.4, 0.5) is 0 Å². The first-order chi connectivity index (χ1) is 18.9. The highest BCUT2D eigenvalue weighted by Gasteiger charge is 2.47. The number of aliphatic hydroxyl groups excluding tert-OH is 8. The SMILES string of the molecule is [O-][n+]1ccc(OC2OC(CO)C(O)C(O)C2O)c(O)c1-c1c(O)c(OC2OC(CO)C(O)C(O)C2O)cc[n+]1[O-]. The molecule has 2 aromatic heterocycles. The van der Waals surface area contributed by atoms with Gasteiger partial charge in [0.05, 0.1) is 13.2 Å². The molecule has 222 valence electrons. The molecule has 10 atom stereocenters. The Bertz CT molecular complexity index is 1110. The molecule has 2 saturated heterocycles. The monoisotopic (exact) mass is 576 g/mol. The molecule has 40 heavy (non-hydrogen) atoms. The van der Waals surface area contributed by atoms with Crippen LogP contribution in [0.25, 0.3) is 11.4 Å². The summed E-state index contributed by atoms with van der Waals surface area (Å²) in [4.78, 5) is 0. The molecule has 2 aromatic rings. The van der Waals surface area contributed by atoms with Gasteiger partial charge < -0.3 is 80.4 Å². The van der Waals surface area contributed by atoms with Crippen LogP contribution in [0, 0.1) is 10.4 Å². The Hall–Kier alpha value is -3.30. The highest BCUT2D eigenvalue weighted by molar-refractivity contribution is 5.68. The summed E-state index contributed by atoms with van der Waals surface area (Å²) in [5.41, 5.74) is -1.79. The van der Waals surface area contributed by atoms with Gasteiger partial charge >= 0.3 is 11.4 Å². The zero-order valence-corrected chi connectivity index (χ0v) is 20.3. The normalized spacial score (nSPS) is 34.4. The molecule has 10 unspecified atom stereocenters. The Morgan fingerprint density at radius 3 is 1.30 bits per heavy atom. The van der Waals surface area contributed by atoms with E-state index in [4.69, 9.17) is 18.9 Å². The fourth-order valence-corrected chi connectivity index (χ4v) is 4.22. The Morgan fingerprint density at radius 2 is 0.975 bits per heavy atom. The maximum Gasteiger partial charge on any atom is 0.340 e. The lowest BCUT2D eigenvalue weighted by molar-refractivity contribution is -0.626. The zero-order valence-electron chi connectivity index (χ0n) is 20.3. The van der Waals surface area contributed by atoms with Crippen molar-refractivity contribution in [3.8, 4) is 34.4 Å². The Morgan fingerprint density at radius 1 is 0.625 bits per heavy atom. The number of pyridine rings is 2. The van der Waals surface area contributed by atoms with Crippen LogP contribution >= 0.6 is 0 Å². The van der Waals surface area contributed by atoms with Gasteiger partial charge in [-0.3, -0.25) is 0 Å². The predicted molar refractivity (Wildman–Crippen MR) is 122 cm³/mol. The molecule has 0 saturated carbocycles. The summed E-state index contributed by atoms with van der Waals surface area (Å²) in [6.07, 6.45) is -15.6. The lowest BCUT2D eigenvalue weighted by Crippen LogP contribution is -2.60. The number of aliphatic hydroxyl groups is 8. The van der Waals surface area contributed by atoms with Gasteiger partial charge in [0.2, 0.25) is 24.1 Å². The summed E-state index contributed by atoms with van der Waals surface area (Å²) in [6, 6.07) is 1.79. The largest absolute Gasteiger partial charge is 0.618 e. The third kappa shape index (κ3) is 5.24. The fourth-order valence-electron chi connectivity index (χ4n) is 4.22. The smallest absolute Gasteiger partial charge is 0.340 e. The van der Waals surface area contributed by atoms with Gasteiger partial charge in [0, 0.05) is 12.1 Å². The van der Waals surface area contributed by atoms with Gasteiger partial charge in [-0.2, -0.15) is 9.46 Å². The van der Waals surface area contributed by atoms with Crippen LogP contribution < -0.4 is 18.9 Å². The zero-order chi connectivity index (χ0) is 29.5. The van der Waals surface area contributed by atoms with Crippen molar-refractivity contribution in [2.75, 3.05) is 13.2 Å². The highest BCUT2D eigenvalue weighted by atomic mass is 16.7. The maximum atomic E-state index is 12.6. The number of rotatable bonds is 7. The van der Waals surface area contributed by atoms with Crippen LogP contribution in [0.15, 0.2) is 24.5 Å². The van der Waals surface area contributed by atoms with E-state index in [9.17, 15) is 61.5 Å². The van der Waals surface area contributed by atoms with E-state index in [0.717, 1.165) is 24.5 Å². The average Bonchev–Trinajstić information content (AvgIpc) is 2.93. The first kappa shape index (κ1) is 29.7. The van der Waals surface area contributed by atoms with Gasteiger partial charge in [0.1, 0.15) is 48.8 Å². The third-order valence-electron chi connectivity index (χ3n) is 6.49. The van der Waals surface area contributed by atoms with E-state index in [1.165, 1.54) is 0 Å². The second-order valence-corrected chi connectivity index (χ2v) is 9.04. The van der Waals surface area contributed by atoms with Crippen molar-refractivity contribution in [3.63, 3.8) is 0 Å². The molecule has 18 nitrogen and oxygen atoms in total. The van der Waals surface area contributed by atoms with Gasteiger partial charge in [-0.25, -0.2) is 0 Å². The Kier molecular flexibility index (Phi) is 8.66. The Labute approximate surface area is 224 Å². The lowest BCUT2D eigenvalue weighted by atomic mass is 9.99. The van der Waals surface area contributed by atoms with Gasteiger partial charge in [-0.15, -0.1) is 0 Å². The lowest BCUT2D eigenvalue weighted by Gasteiger charge is -2.39. The number of nitrogens with zero attached hydrogens (tertiary/aromatic N) is 2. The van der Waals surface area contributed by atoms with E-state index < -0.39 is 109 Å².